The molecule has 2 heterocycles. The van der Waals surface area contributed by atoms with Crippen LogP contribution >= 0.6 is 27.3 Å². The molecule has 29 heavy (non-hydrogen) atoms. The number of hydrogen-bond acceptors (Lipinski definition) is 6. The molecule has 0 spiro atoms. The Morgan fingerprint density at radius 2 is 1.86 bits per heavy atom. The van der Waals surface area contributed by atoms with Gasteiger partial charge in [-0.25, -0.2) is 0 Å². The summed E-state index contributed by atoms with van der Waals surface area (Å²) in [4.78, 5) is 13.7. The number of nitrogens with zero attached hydrogens (tertiary/aromatic N) is 4. The van der Waals surface area contributed by atoms with E-state index in [1.807, 2.05) is 55.5 Å². The molecular formula is C20H18BrN5O2S. The molecule has 0 radical (unpaired) electrons. The van der Waals surface area contributed by atoms with Crippen LogP contribution in [0.2, 0.25) is 0 Å². The monoisotopic (exact) mass is 471 g/mol. The second-order valence-electron chi connectivity index (χ2n) is 6.91. The molecule has 4 rings (SSSR count). The first-order valence-electron chi connectivity index (χ1n) is 8.88. The van der Waals surface area contributed by atoms with Gasteiger partial charge in [0, 0.05) is 10.0 Å². The van der Waals surface area contributed by atoms with E-state index in [1.165, 1.54) is 11.3 Å². The Morgan fingerprint density at radius 1 is 1.14 bits per heavy atom. The quantitative estimate of drug-likeness (QED) is 0.455. The van der Waals surface area contributed by atoms with Gasteiger partial charge in [-0.1, -0.05) is 39.4 Å². The summed E-state index contributed by atoms with van der Waals surface area (Å²) in [6.07, 6.45) is 0. The topological polar surface area (TPSA) is 81.4 Å². The van der Waals surface area contributed by atoms with Crippen molar-refractivity contribution in [2.45, 2.75) is 26.4 Å². The Labute approximate surface area is 179 Å². The summed E-state index contributed by atoms with van der Waals surface area (Å²) < 4.78 is 8.56. The van der Waals surface area contributed by atoms with Crippen LogP contribution in [0.5, 0.6) is 5.75 Å². The summed E-state index contributed by atoms with van der Waals surface area (Å²) >= 11 is 4.81. The Kier molecular flexibility index (Phi) is 5.10. The van der Waals surface area contributed by atoms with E-state index >= 15 is 0 Å². The molecule has 0 saturated carbocycles. The summed E-state index contributed by atoms with van der Waals surface area (Å²) in [5.74, 6) is 1.07. The fourth-order valence-corrected chi connectivity index (χ4v) is 3.91. The standard InChI is InChI=1S/C20H18BrN5O2S/c1-12-23-24-19-26(12)25-17(29-19)15-6-4-5-7-16(15)22-18(27)20(2,3)28-14-10-8-13(21)9-11-14/h4-11H,1-3H3,(H,22,27). The molecule has 148 valence electrons. The molecule has 4 aromatic rings. The van der Waals surface area contributed by atoms with Crippen molar-refractivity contribution in [2.24, 2.45) is 0 Å². The van der Waals surface area contributed by atoms with E-state index in [4.69, 9.17) is 4.74 Å². The van der Waals surface area contributed by atoms with Crippen LogP contribution in [-0.4, -0.2) is 31.3 Å². The first kappa shape index (κ1) is 19.5. The molecular weight excluding hydrogens is 454 g/mol. The van der Waals surface area contributed by atoms with Crippen molar-refractivity contribution in [3.63, 3.8) is 0 Å². The zero-order chi connectivity index (χ0) is 20.6. The van der Waals surface area contributed by atoms with E-state index in [1.54, 1.807) is 18.4 Å². The Balaban J connectivity index is 1.59. The average Bonchev–Trinajstić information content (AvgIpc) is 3.26. The number of para-hydroxylation sites is 1. The summed E-state index contributed by atoms with van der Waals surface area (Å²) in [5, 5.41) is 16.4. The van der Waals surface area contributed by atoms with Crippen LogP contribution in [0.15, 0.2) is 53.0 Å². The molecule has 7 nitrogen and oxygen atoms in total. The van der Waals surface area contributed by atoms with E-state index in [0.29, 0.717) is 22.2 Å². The summed E-state index contributed by atoms with van der Waals surface area (Å²) in [6, 6.07) is 14.9. The van der Waals surface area contributed by atoms with Crippen molar-refractivity contribution in [2.75, 3.05) is 5.32 Å². The van der Waals surface area contributed by atoms with Crippen LogP contribution < -0.4 is 10.1 Å². The second kappa shape index (κ2) is 7.57. The Hall–Kier alpha value is -2.78. The lowest BCUT2D eigenvalue weighted by Gasteiger charge is -2.25. The molecule has 1 N–H and O–H groups in total. The number of aryl methyl sites for hydroxylation is 1. The van der Waals surface area contributed by atoms with Crippen LogP contribution in [0.3, 0.4) is 0 Å². The molecule has 2 aromatic heterocycles. The van der Waals surface area contributed by atoms with Gasteiger partial charge in [0.25, 0.3) is 5.91 Å². The lowest BCUT2D eigenvalue weighted by atomic mass is 10.1. The van der Waals surface area contributed by atoms with E-state index < -0.39 is 5.60 Å². The van der Waals surface area contributed by atoms with E-state index in [0.717, 1.165) is 15.0 Å². The molecule has 0 aliphatic carbocycles. The predicted octanol–water partition coefficient (Wildman–Crippen LogP) is 4.72. The maximum absolute atomic E-state index is 13.0. The number of hydrogen-bond donors (Lipinski definition) is 1. The van der Waals surface area contributed by atoms with E-state index in [-0.39, 0.29) is 5.91 Å². The highest BCUT2D eigenvalue weighted by molar-refractivity contribution is 9.10. The van der Waals surface area contributed by atoms with Crippen molar-refractivity contribution < 1.29 is 9.53 Å². The first-order valence-corrected chi connectivity index (χ1v) is 10.5. The van der Waals surface area contributed by atoms with Gasteiger partial charge in [0.15, 0.2) is 11.4 Å². The third-order valence-electron chi connectivity index (χ3n) is 4.29. The minimum Gasteiger partial charge on any atom is -0.478 e. The maximum atomic E-state index is 13.0. The van der Waals surface area contributed by atoms with Gasteiger partial charge in [0.2, 0.25) is 4.96 Å². The van der Waals surface area contributed by atoms with Crippen LogP contribution in [0, 0.1) is 6.92 Å². The lowest BCUT2D eigenvalue weighted by molar-refractivity contribution is -0.128. The Bertz CT molecular complexity index is 1180. The molecule has 1 amide bonds. The van der Waals surface area contributed by atoms with Gasteiger partial charge in [-0.05, 0) is 57.2 Å². The van der Waals surface area contributed by atoms with Crippen molar-refractivity contribution in [1.82, 2.24) is 19.8 Å². The van der Waals surface area contributed by atoms with Crippen LogP contribution in [0.4, 0.5) is 5.69 Å². The zero-order valence-electron chi connectivity index (χ0n) is 16.0. The number of rotatable bonds is 5. The van der Waals surface area contributed by atoms with Crippen molar-refractivity contribution in [3.05, 3.63) is 58.8 Å². The van der Waals surface area contributed by atoms with Gasteiger partial charge in [-0.2, -0.15) is 9.61 Å². The molecule has 0 bridgehead atoms. The second-order valence-corrected chi connectivity index (χ2v) is 8.79. The largest absolute Gasteiger partial charge is 0.478 e. The third kappa shape index (κ3) is 4.01. The molecule has 2 aromatic carbocycles. The van der Waals surface area contributed by atoms with Gasteiger partial charge >= 0.3 is 0 Å². The predicted molar refractivity (Wildman–Crippen MR) is 116 cm³/mol. The van der Waals surface area contributed by atoms with Crippen molar-refractivity contribution in [3.8, 4) is 16.3 Å². The molecule has 0 fully saturated rings. The van der Waals surface area contributed by atoms with Crippen LogP contribution in [-0.2, 0) is 4.79 Å². The number of halogens is 1. The van der Waals surface area contributed by atoms with Crippen LogP contribution in [0.1, 0.15) is 19.7 Å². The number of amides is 1. The zero-order valence-corrected chi connectivity index (χ0v) is 18.4. The highest BCUT2D eigenvalue weighted by atomic mass is 79.9. The molecule has 9 heteroatoms. The molecule has 0 saturated heterocycles. The lowest BCUT2D eigenvalue weighted by Crippen LogP contribution is -2.42. The van der Waals surface area contributed by atoms with Gasteiger partial charge in [0.1, 0.15) is 10.8 Å². The van der Waals surface area contributed by atoms with E-state index in [2.05, 4.69) is 36.5 Å². The first-order chi connectivity index (χ1) is 13.8. The fourth-order valence-electron chi connectivity index (χ4n) is 2.72. The number of carbonyl (C=O) groups excluding carboxylic acids is 1. The highest BCUT2D eigenvalue weighted by Gasteiger charge is 2.31. The normalized spacial score (nSPS) is 11.6. The van der Waals surface area contributed by atoms with Gasteiger partial charge in [-0.3, -0.25) is 4.79 Å². The molecule has 0 aliphatic rings. The average molecular weight is 472 g/mol. The number of carbonyl (C=O) groups is 1. The molecule has 0 aliphatic heterocycles. The SMILES string of the molecule is Cc1nnc2sc(-c3ccccc3NC(=O)C(C)(C)Oc3ccc(Br)cc3)nn12. The number of aromatic nitrogens is 4. The van der Waals surface area contributed by atoms with Gasteiger partial charge in [-0.15, -0.1) is 10.2 Å². The minimum atomic E-state index is -1.07. The molecule has 0 unspecified atom stereocenters. The smallest absolute Gasteiger partial charge is 0.267 e. The maximum Gasteiger partial charge on any atom is 0.267 e. The minimum absolute atomic E-state index is 0.257. The molecule has 0 atom stereocenters. The van der Waals surface area contributed by atoms with Crippen LogP contribution in [0.25, 0.3) is 15.5 Å². The fraction of sp³-hybridized carbons (Fsp3) is 0.200. The van der Waals surface area contributed by atoms with E-state index in [9.17, 15) is 4.79 Å². The number of anilines is 1. The van der Waals surface area contributed by atoms with Crippen molar-refractivity contribution in [1.29, 1.82) is 0 Å². The third-order valence-corrected chi connectivity index (χ3v) is 5.75. The number of nitrogens with one attached hydrogen (secondary N) is 1. The van der Waals surface area contributed by atoms with Gasteiger partial charge < -0.3 is 10.1 Å². The van der Waals surface area contributed by atoms with Crippen molar-refractivity contribution >= 4 is 43.8 Å². The Morgan fingerprint density at radius 3 is 2.59 bits per heavy atom. The summed E-state index contributed by atoms with van der Waals surface area (Å²) in [7, 11) is 0. The number of benzene rings is 2. The summed E-state index contributed by atoms with van der Waals surface area (Å²) in [5.41, 5.74) is 0.404. The highest BCUT2D eigenvalue weighted by Crippen LogP contribution is 2.32. The number of fused-ring (bicyclic) bond motifs is 1. The summed E-state index contributed by atoms with van der Waals surface area (Å²) in [6.45, 7) is 5.32. The number of ether oxygens (including phenoxy) is 1. The van der Waals surface area contributed by atoms with Gasteiger partial charge in [0.05, 0.1) is 5.69 Å².